The maximum absolute atomic E-state index is 12.6. The number of hydrogen-bond donors (Lipinski definition) is 1. The highest BCUT2D eigenvalue weighted by atomic mass is 32.1. The minimum atomic E-state index is -4.40. The zero-order chi connectivity index (χ0) is 19.4. The number of guanidine groups is 1. The van der Waals surface area contributed by atoms with E-state index in [9.17, 15) is 13.2 Å². The van der Waals surface area contributed by atoms with E-state index in [4.69, 9.17) is 4.42 Å². The van der Waals surface area contributed by atoms with Crippen LogP contribution in [-0.4, -0.2) is 36.5 Å². The summed E-state index contributed by atoms with van der Waals surface area (Å²) in [5.74, 6) is 1.43. The Morgan fingerprint density at radius 3 is 2.78 bits per heavy atom. The highest BCUT2D eigenvalue weighted by Gasteiger charge is 2.33. The van der Waals surface area contributed by atoms with Crippen LogP contribution in [0.4, 0.5) is 13.2 Å². The Morgan fingerprint density at radius 2 is 2.11 bits per heavy atom. The van der Waals surface area contributed by atoms with Gasteiger partial charge in [0.25, 0.3) is 0 Å². The van der Waals surface area contributed by atoms with Crippen molar-refractivity contribution in [2.45, 2.75) is 19.1 Å². The van der Waals surface area contributed by atoms with Crippen molar-refractivity contribution in [2.24, 2.45) is 4.99 Å². The fraction of sp³-hybridized carbons (Fsp3) is 0.333. The smallest absolute Gasteiger partial charge is 0.434 e. The number of aliphatic imine (C=N–C) groups is 1. The predicted molar refractivity (Wildman–Crippen MR) is 99.9 cm³/mol. The molecule has 0 radical (unpaired) electrons. The van der Waals surface area contributed by atoms with Crippen molar-refractivity contribution in [2.75, 3.05) is 20.6 Å². The highest BCUT2D eigenvalue weighted by Crippen LogP contribution is 2.30. The normalized spacial score (nSPS) is 12.6. The average molecular weight is 396 g/mol. The molecule has 5 nitrogen and oxygen atoms in total. The second-order valence-electron chi connectivity index (χ2n) is 5.95. The van der Waals surface area contributed by atoms with Crippen LogP contribution in [0.25, 0.3) is 11.0 Å². The number of furan rings is 1. The average Bonchev–Trinajstić information content (AvgIpc) is 3.24. The third-order valence-corrected chi connectivity index (χ3v) is 4.82. The lowest BCUT2D eigenvalue weighted by Crippen LogP contribution is -2.39. The van der Waals surface area contributed by atoms with Crippen molar-refractivity contribution in [3.8, 4) is 0 Å². The van der Waals surface area contributed by atoms with Gasteiger partial charge < -0.3 is 14.6 Å². The number of rotatable bonds is 5. The first kappa shape index (κ1) is 19.2. The first-order chi connectivity index (χ1) is 12.9. The van der Waals surface area contributed by atoms with Crippen LogP contribution in [0.1, 0.15) is 16.5 Å². The Hall–Kier alpha value is -2.55. The quantitative estimate of drug-likeness (QED) is 0.520. The summed E-state index contributed by atoms with van der Waals surface area (Å²) < 4.78 is 43.6. The van der Waals surface area contributed by atoms with Crippen LogP contribution in [0, 0.1) is 0 Å². The molecule has 0 amide bonds. The fourth-order valence-corrected chi connectivity index (χ4v) is 3.45. The molecule has 2 aromatic heterocycles. The molecule has 0 aliphatic heterocycles. The van der Waals surface area contributed by atoms with E-state index in [-0.39, 0.29) is 0 Å². The second kappa shape index (κ2) is 7.99. The van der Waals surface area contributed by atoms with Crippen LogP contribution in [0.5, 0.6) is 0 Å². The second-order valence-corrected chi connectivity index (χ2v) is 6.90. The molecule has 2 heterocycles. The Kier molecular flexibility index (Phi) is 5.69. The summed E-state index contributed by atoms with van der Waals surface area (Å²) in [5, 5.41) is 5.65. The Balaban J connectivity index is 1.54. The number of thiazole rings is 1. The van der Waals surface area contributed by atoms with Crippen LogP contribution in [0.2, 0.25) is 0 Å². The summed E-state index contributed by atoms with van der Waals surface area (Å²) in [6.45, 7) is 0.950. The van der Waals surface area contributed by atoms with Gasteiger partial charge in [-0.05, 0) is 12.1 Å². The molecule has 3 aromatic rings. The molecule has 144 valence electrons. The molecule has 1 N–H and O–H groups in total. The Labute approximate surface area is 158 Å². The molecule has 3 rings (SSSR count). The maximum Gasteiger partial charge on any atom is 0.434 e. The van der Waals surface area contributed by atoms with E-state index in [2.05, 4.69) is 15.3 Å². The van der Waals surface area contributed by atoms with Gasteiger partial charge >= 0.3 is 6.18 Å². The van der Waals surface area contributed by atoms with Gasteiger partial charge in [0.05, 0.1) is 11.6 Å². The fourth-order valence-electron chi connectivity index (χ4n) is 2.65. The van der Waals surface area contributed by atoms with Gasteiger partial charge in [0.15, 0.2) is 11.7 Å². The van der Waals surface area contributed by atoms with Crippen molar-refractivity contribution in [3.05, 3.63) is 52.2 Å². The van der Waals surface area contributed by atoms with Gasteiger partial charge in [0.2, 0.25) is 0 Å². The molecule has 9 heteroatoms. The van der Waals surface area contributed by atoms with E-state index in [0.29, 0.717) is 30.5 Å². The third kappa shape index (κ3) is 4.79. The molecule has 0 saturated heterocycles. The van der Waals surface area contributed by atoms with E-state index in [1.54, 1.807) is 7.05 Å². The number of aromatic nitrogens is 1. The van der Waals surface area contributed by atoms with Gasteiger partial charge in [0.1, 0.15) is 11.3 Å². The first-order valence-corrected chi connectivity index (χ1v) is 9.15. The molecular weight excluding hydrogens is 377 g/mol. The number of nitrogens with one attached hydrogen (secondary N) is 1. The van der Waals surface area contributed by atoms with Gasteiger partial charge in [-0.25, -0.2) is 4.98 Å². The van der Waals surface area contributed by atoms with Crippen LogP contribution >= 0.6 is 11.3 Å². The lowest BCUT2D eigenvalue weighted by atomic mass is 10.2. The van der Waals surface area contributed by atoms with Crippen LogP contribution in [0.15, 0.2) is 45.1 Å². The molecule has 0 aliphatic carbocycles. The highest BCUT2D eigenvalue weighted by molar-refractivity contribution is 7.09. The molecule has 0 aliphatic rings. The zero-order valence-electron chi connectivity index (χ0n) is 14.9. The summed E-state index contributed by atoms with van der Waals surface area (Å²) >= 11 is 1.01. The van der Waals surface area contributed by atoms with Crippen LogP contribution in [0.3, 0.4) is 0 Å². The molecule has 0 fully saturated rings. The van der Waals surface area contributed by atoms with E-state index < -0.39 is 11.9 Å². The van der Waals surface area contributed by atoms with Gasteiger partial charge in [0, 0.05) is 37.8 Å². The zero-order valence-corrected chi connectivity index (χ0v) is 15.7. The largest absolute Gasteiger partial charge is 0.459 e. The van der Waals surface area contributed by atoms with Gasteiger partial charge in [-0.2, -0.15) is 13.2 Å². The molecule has 0 bridgehead atoms. The van der Waals surface area contributed by atoms with Gasteiger partial charge in [-0.15, -0.1) is 11.3 Å². The summed E-state index contributed by atoms with van der Waals surface area (Å²) in [6, 6.07) is 9.75. The maximum atomic E-state index is 12.6. The van der Waals surface area contributed by atoms with Crippen molar-refractivity contribution in [3.63, 3.8) is 0 Å². The van der Waals surface area contributed by atoms with Crippen molar-refractivity contribution in [1.29, 1.82) is 0 Å². The van der Waals surface area contributed by atoms with Crippen LogP contribution in [-0.2, 0) is 19.1 Å². The summed E-state index contributed by atoms with van der Waals surface area (Å²) in [6.07, 6.45) is -4.01. The molecular formula is C18H19F3N4OS. The molecule has 0 atom stereocenters. The van der Waals surface area contributed by atoms with Gasteiger partial charge in [-0.1, -0.05) is 18.2 Å². The number of hydrogen-bond acceptors (Lipinski definition) is 4. The Bertz CT molecular complexity index is 899. The minimum absolute atomic E-state index is 0.387. The van der Waals surface area contributed by atoms with E-state index in [1.807, 2.05) is 42.3 Å². The predicted octanol–water partition coefficient (Wildman–Crippen LogP) is 4.16. The lowest BCUT2D eigenvalue weighted by Gasteiger charge is -2.20. The number of para-hydroxylation sites is 1. The molecule has 27 heavy (non-hydrogen) atoms. The van der Waals surface area contributed by atoms with E-state index >= 15 is 0 Å². The topological polar surface area (TPSA) is 53.7 Å². The third-order valence-electron chi connectivity index (χ3n) is 3.91. The Morgan fingerprint density at radius 1 is 1.33 bits per heavy atom. The minimum Gasteiger partial charge on any atom is -0.459 e. The molecule has 0 unspecified atom stereocenters. The standard InChI is InChI=1S/C18H19F3N4OS/c1-22-17(23-8-7-16-24-15(11-27-16)18(19,20)21)25(2)10-13-9-12-5-3-4-6-14(12)26-13/h3-6,9,11H,7-8,10H2,1-2H3,(H,22,23). The monoisotopic (exact) mass is 396 g/mol. The van der Waals surface area contributed by atoms with E-state index in [0.717, 1.165) is 33.4 Å². The molecule has 1 aromatic carbocycles. The number of benzene rings is 1. The molecule has 0 saturated carbocycles. The van der Waals surface area contributed by atoms with Crippen molar-refractivity contribution >= 4 is 28.3 Å². The number of fused-ring (bicyclic) bond motifs is 1. The summed E-state index contributed by atoms with van der Waals surface area (Å²) in [7, 11) is 3.52. The van der Waals surface area contributed by atoms with Crippen molar-refractivity contribution in [1.82, 2.24) is 15.2 Å². The lowest BCUT2D eigenvalue weighted by molar-refractivity contribution is -0.140. The number of nitrogens with zero attached hydrogens (tertiary/aromatic N) is 3. The first-order valence-electron chi connectivity index (χ1n) is 8.27. The number of halogens is 3. The van der Waals surface area contributed by atoms with E-state index in [1.165, 1.54) is 0 Å². The number of alkyl halides is 3. The van der Waals surface area contributed by atoms with Crippen molar-refractivity contribution < 1.29 is 17.6 Å². The summed E-state index contributed by atoms with van der Waals surface area (Å²) in [4.78, 5) is 9.72. The van der Waals surface area contributed by atoms with Gasteiger partial charge in [-0.3, -0.25) is 4.99 Å². The summed E-state index contributed by atoms with van der Waals surface area (Å²) in [5.41, 5.74) is -0.0121. The van der Waals surface area contributed by atoms with Crippen LogP contribution < -0.4 is 5.32 Å². The SMILES string of the molecule is CN=C(NCCc1nc(C(F)(F)F)cs1)N(C)Cc1cc2ccccc2o1. The molecule has 0 spiro atoms.